The van der Waals surface area contributed by atoms with Crippen LogP contribution in [0.3, 0.4) is 0 Å². The minimum absolute atomic E-state index is 0.296. The van der Waals surface area contributed by atoms with Gasteiger partial charge in [-0.2, -0.15) is 0 Å². The maximum absolute atomic E-state index is 4.35. The van der Waals surface area contributed by atoms with Crippen LogP contribution in [0.1, 0.15) is 24.5 Å². The van der Waals surface area contributed by atoms with Crippen molar-refractivity contribution in [3.8, 4) is 0 Å². The Morgan fingerprint density at radius 1 is 1.32 bits per heavy atom. The highest BCUT2D eigenvalue weighted by molar-refractivity contribution is 5.80. The summed E-state index contributed by atoms with van der Waals surface area (Å²) in [6.45, 7) is 4.35. The summed E-state index contributed by atoms with van der Waals surface area (Å²) < 4.78 is 1.97. The number of aliphatic imine (C=N–C) groups is 1. The number of hydrogen-bond donors (Lipinski definition) is 2. The molecule has 3 rings (SSSR count). The van der Waals surface area contributed by atoms with Gasteiger partial charge in [-0.05, 0) is 25.8 Å². The minimum atomic E-state index is 0.296. The molecule has 9 heteroatoms. The number of aromatic nitrogens is 5. The van der Waals surface area contributed by atoms with E-state index in [9.17, 15) is 0 Å². The Morgan fingerprint density at radius 2 is 2.12 bits per heavy atom. The maximum Gasteiger partial charge on any atom is 0.225 e. The molecule has 1 aliphatic heterocycles. The third kappa shape index (κ3) is 4.23. The lowest BCUT2D eigenvalue weighted by atomic mass is 10.1. The second-order valence-corrected chi connectivity index (χ2v) is 6.13. The molecule has 3 heterocycles. The smallest absolute Gasteiger partial charge is 0.225 e. The highest BCUT2D eigenvalue weighted by Gasteiger charge is 2.22. The monoisotopic (exact) mass is 343 g/mol. The van der Waals surface area contributed by atoms with Crippen molar-refractivity contribution in [2.24, 2.45) is 12.0 Å². The second-order valence-electron chi connectivity index (χ2n) is 6.13. The molecular weight excluding hydrogens is 318 g/mol. The minimum Gasteiger partial charge on any atom is -0.352 e. The van der Waals surface area contributed by atoms with Gasteiger partial charge in [-0.25, -0.2) is 9.97 Å². The SMILES string of the molecule is CN=C(NCc1nnc(C)n1C)NC1CCCN(c2ncccn2)C1. The Labute approximate surface area is 147 Å². The third-order valence-electron chi connectivity index (χ3n) is 4.42. The number of guanidine groups is 1. The summed E-state index contributed by atoms with van der Waals surface area (Å²) in [4.78, 5) is 15.2. The molecule has 0 spiro atoms. The van der Waals surface area contributed by atoms with Gasteiger partial charge in [0.05, 0.1) is 6.54 Å². The standard InChI is InChI=1S/C16H25N9/c1-12-22-23-14(24(12)3)10-20-15(17-2)21-13-6-4-9-25(11-13)16-18-7-5-8-19-16/h5,7-8,13H,4,6,9-11H2,1-3H3,(H2,17,20,21). The molecule has 134 valence electrons. The van der Waals surface area contributed by atoms with E-state index < -0.39 is 0 Å². The normalized spacial score (nSPS) is 18.3. The fourth-order valence-electron chi connectivity index (χ4n) is 2.89. The summed E-state index contributed by atoms with van der Waals surface area (Å²) in [5.41, 5.74) is 0. The van der Waals surface area contributed by atoms with Crippen molar-refractivity contribution in [1.82, 2.24) is 35.4 Å². The largest absolute Gasteiger partial charge is 0.352 e. The van der Waals surface area contributed by atoms with Crippen LogP contribution in [0.15, 0.2) is 23.5 Å². The van der Waals surface area contributed by atoms with E-state index in [0.29, 0.717) is 12.6 Å². The molecular formula is C16H25N9. The molecule has 0 aliphatic carbocycles. The molecule has 0 radical (unpaired) electrons. The van der Waals surface area contributed by atoms with E-state index in [2.05, 4.69) is 40.7 Å². The van der Waals surface area contributed by atoms with Crippen molar-refractivity contribution in [3.63, 3.8) is 0 Å². The van der Waals surface area contributed by atoms with Crippen LogP contribution in [0, 0.1) is 6.92 Å². The van der Waals surface area contributed by atoms with Crippen LogP contribution >= 0.6 is 0 Å². The average Bonchev–Trinajstić information content (AvgIpc) is 2.98. The van der Waals surface area contributed by atoms with Gasteiger partial charge in [0, 0.05) is 45.6 Å². The average molecular weight is 343 g/mol. The molecule has 25 heavy (non-hydrogen) atoms. The van der Waals surface area contributed by atoms with Gasteiger partial charge in [0.2, 0.25) is 5.95 Å². The van der Waals surface area contributed by atoms with Crippen LogP contribution < -0.4 is 15.5 Å². The molecule has 1 fully saturated rings. The van der Waals surface area contributed by atoms with E-state index in [1.165, 1.54) is 0 Å². The van der Waals surface area contributed by atoms with Crippen LogP contribution in [0.5, 0.6) is 0 Å². The van der Waals surface area contributed by atoms with Gasteiger partial charge in [-0.15, -0.1) is 10.2 Å². The van der Waals surface area contributed by atoms with Crippen LogP contribution in [0.25, 0.3) is 0 Å². The van der Waals surface area contributed by atoms with Gasteiger partial charge in [-0.1, -0.05) is 0 Å². The Kier molecular flexibility index (Phi) is 5.42. The zero-order valence-corrected chi connectivity index (χ0v) is 15.0. The Morgan fingerprint density at radius 3 is 2.80 bits per heavy atom. The first-order valence-corrected chi connectivity index (χ1v) is 8.51. The Bertz CT molecular complexity index is 710. The van der Waals surface area contributed by atoms with Crippen LogP contribution in [-0.4, -0.2) is 56.9 Å². The van der Waals surface area contributed by atoms with E-state index in [0.717, 1.165) is 49.5 Å². The Hall–Kier alpha value is -2.71. The van der Waals surface area contributed by atoms with Gasteiger partial charge in [-0.3, -0.25) is 4.99 Å². The van der Waals surface area contributed by atoms with Crippen LogP contribution in [0.2, 0.25) is 0 Å². The van der Waals surface area contributed by atoms with E-state index in [4.69, 9.17) is 0 Å². The summed E-state index contributed by atoms with van der Waals surface area (Å²) in [6, 6.07) is 2.13. The Balaban J connectivity index is 1.55. The quantitative estimate of drug-likeness (QED) is 0.607. The van der Waals surface area contributed by atoms with E-state index in [-0.39, 0.29) is 0 Å². The first-order valence-electron chi connectivity index (χ1n) is 8.51. The molecule has 1 aliphatic rings. The molecule has 1 unspecified atom stereocenters. The maximum atomic E-state index is 4.35. The van der Waals surface area contributed by atoms with Crippen molar-refractivity contribution < 1.29 is 0 Å². The van der Waals surface area contributed by atoms with Gasteiger partial charge >= 0.3 is 0 Å². The lowest BCUT2D eigenvalue weighted by molar-refractivity contribution is 0.462. The summed E-state index contributed by atoms with van der Waals surface area (Å²) in [5, 5.41) is 15.0. The van der Waals surface area contributed by atoms with Gasteiger partial charge in [0.15, 0.2) is 11.8 Å². The second kappa shape index (κ2) is 7.91. The highest BCUT2D eigenvalue weighted by Crippen LogP contribution is 2.15. The van der Waals surface area contributed by atoms with E-state index in [1.807, 2.05) is 24.6 Å². The fourth-order valence-corrected chi connectivity index (χ4v) is 2.89. The predicted octanol–water partition coefficient (Wildman–Crippen LogP) is 0.248. The predicted molar refractivity (Wildman–Crippen MR) is 96.3 cm³/mol. The summed E-state index contributed by atoms with van der Waals surface area (Å²) >= 11 is 0. The fraction of sp³-hybridized carbons (Fsp3) is 0.562. The summed E-state index contributed by atoms with van der Waals surface area (Å²) in [6.07, 6.45) is 5.74. The van der Waals surface area contributed by atoms with Crippen LogP contribution in [0.4, 0.5) is 5.95 Å². The third-order valence-corrected chi connectivity index (χ3v) is 4.42. The molecule has 0 bridgehead atoms. The number of aryl methyl sites for hydroxylation is 1. The first-order chi connectivity index (χ1) is 12.2. The van der Waals surface area contributed by atoms with Crippen molar-refractivity contribution in [3.05, 3.63) is 30.1 Å². The highest BCUT2D eigenvalue weighted by atomic mass is 15.3. The molecule has 2 N–H and O–H groups in total. The van der Waals surface area contributed by atoms with Crippen molar-refractivity contribution in [2.75, 3.05) is 25.0 Å². The molecule has 0 saturated carbocycles. The van der Waals surface area contributed by atoms with Crippen molar-refractivity contribution >= 4 is 11.9 Å². The number of anilines is 1. The summed E-state index contributed by atoms with van der Waals surface area (Å²) in [7, 11) is 3.74. The van der Waals surface area contributed by atoms with Gasteiger partial charge in [0.1, 0.15) is 5.82 Å². The van der Waals surface area contributed by atoms with Gasteiger partial charge < -0.3 is 20.1 Å². The van der Waals surface area contributed by atoms with Crippen molar-refractivity contribution in [1.29, 1.82) is 0 Å². The molecule has 2 aromatic rings. The first kappa shape index (κ1) is 17.1. The molecule has 2 aromatic heterocycles. The zero-order valence-electron chi connectivity index (χ0n) is 15.0. The molecule has 9 nitrogen and oxygen atoms in total. The number of piperidine rings is 1. The zero-order chi connectivity index (χ0) is 17.6. The number of nitrogens with one attached hydrogen (secondary N) is 2. The molecule has 0 amide bonds. The molecule has 0 aromatic carbocycles. The lowest BCUT2D eigenvalue weighted by Gasteiger charge is -2.33. The molecule has 1 saturated heterocycles. The van der Waals surface area contributed by atoms with Crippen molar-refractivity contribution in [2.45, 2.75) is 32.4 Å². The lowest BCUT2D eigenvalue weighted by Crippen LogP contribution is -2.51. The van der Waals surface area contributed by atoms with Crippen LogP contribution in [-0.2, 0) is 13.6 Å². The topological polar surface area (TPSA) is 96.1 Å². The summed E-state index contributed by atoms with van der Waals surface area (Å²) in [5.74, 6) is 3.32. The number of hydrogen-bond acceptors (Lipinski definition) is 6. The number of rotatable bonds is 4. The van der Waals surface area contributed by atoms with E-state index >= 15 is 0 Å². The molecule has 1 atom stereocenters. The van der Waals surface area contributed by atoms with E-state index in [1.54, 1.807) is 19.4 Å². The number of nitrogens with zero attached hydrogens (tertiary/aromatic N) is 7. The van der Waals surface area contributed by atoms with Gasteiger partial charge in [0.25, 0.3) is 0 Å².